The first-order valence-corrected chi connectivity index (χ1v) is 7.40. The highest BCUT2D eigenvalue weighted by molar-refractivity contribution is 7.86. The molecule has 0 aliphatic carbocycles. The fourth-order valence-electron chi connectivity index (χ4n) is 1.34. The van der Waals surface area contributed by atoms with E-state index in [-0.39, 0.29) is 16.6 Å². The van der Waals surface area contributed by atoms with E-state index in [9.17, 15) is 12.8 Å². The summed E-state index contributed by atoms with van der Waals surface area (Å²) < 4.78 is 41.2. The van der Waals surface area contributed by atoms with Gasteiger partial charge >= 0.3 is 0 Å². The highest BCUT2D eigenvalue weighted by atomic mass is 32.2. The molecule has 1 aromatic heterocycles. The minimum absolute atomic E-state index is 0.102. The molecule has 0 N–H and O–H groups in total. The molecule has 0 spiro atoms. The van der Waals surface area contributed by atoms with Crippen LogP contribution in [-0.4, -0.2) is 8.42 Å². The lowest BCUT2D eigenvalue weighted by molar-refractivity contribution is 0.311. The third-order valence-electron chi connectivity index (χ3n) is 2.29. The second-order valence-electron chi connectivity index (χ2n) is 3.74. The van der Waals surface area contributed by atoms with Crippen molar-refractivity contribution in [2.24, 2.45) is 0 Å². The van der Waals surface area contributed by atoms with E-state index in [0.29, 0.717) is 4.88 Å². The quantitative estimate of drug-likeness (QED) is 0.811. The van der Waals surface area contributed by atoms with E-state index in [4.69, 9.17) is 4.18 Å². The molecule has 0 saturated carbocycles. The predicted molar refractivity (Wildman–Crippen MR) is 67.4 cm³/mol. The van der Waals surface area contributed by atoms with Gasteiger partial charge in [0.05, 0.1) is 4.90 Å². The molecule has 0 radical (unpaired) electrons. The molecule has 0 saturated heterocycles. The molecule has 2 rings (SSSR count). The standard InChI is InChI=1S/C12H11FO3S2/c1-9-2-5-11(6-3-9)18(14,15)16-8-10-4-7-12(13)17-10/h2-7H,8H2,1H3. The maximum Gasteiger partial charge on any atom is 0.297 e. The van der Waals surface area contributed by atoms with Crippen LogP contribution in [0.25, 0.3) is 0 Å². The topological polar surface area (TPSA) is 43.4 Å². The lowest BCUT2D eigenvalue weighted by Gasteiger charge is -2.04. The number of thiophene rings is 1. The Morgan fingerprint density at radius 2 is 1.83 bits per heavy atom. The van der Waals surface area contributed by atoms with Crippen LogP contribution in [0.2, 0.25) is 0 Å². The molecule has 0 bridgehead atoms. The van der Waals surface area contributed by atoms with Crippen LogP contribution in [0.4, 0.5) is 4.39 Å². The van der Waals surface area contributed by atoms with Crippen molar-refractivity contribution in [1.29, 1.82) is 0 Å². The first-order valence-electron chi connectivity index (χ1n) is 5.18. The van der Waals surface area contributed by atoms with Crippen molar-refractivity contribution in [1.82, 2.24) is 0 Å². The van der Waals surface area contributed by atoms with Gasteiger partial charge in [-0.1, -0.05) is 17.7 Å². The molecule has 0 fully saturated rings. The zero-order valence-corrected chi connectivity index (χ0v) is 11.2. The van der Waals surface area contributed by atoms with Crippen LogP contribution >= 0.6 is 11.3 Å². The Kier molecular flexibility index (Phi) is 3.79. The zero-order chi connectivity index (χ0) is 13.2. The highest BCUT2D eigenvalue weighted by Gasteiger charge is 2.15. The Balaban J connectivity index is 2.10. The summed E-state index contributed by atoms with van der Waals surface area (Å²) in [5, 5.41) is -0.360. The summed E-state index contributed by atoms with van der Waals surface area (Å²) in [6, 6.07) is 9.15. The molecule has 3 nitrogen and oxygen atoms in total. The molecule has 0 unspecified atom stereocenters. The first-order chi connectivity index (χ1) is 8.47. The number of benzene rings is 1. The second-order valence-corrected chi connectivity index (χ2v) is 6.47. The molecular weight excluding hydrogens is 275 g/mol. The lowest BCUT2D eigenvalue weighted by Crippen LogP contribution is -2.05. The largest absolute Gasteiger partial charge is 0.297 e. The van der Waals surface area contributed by atoms with Crippen molar-refractivity contribution < 1.29 is 17.0 Å². The Hall–Kier alpha value is -1.24. The Bertz CT molecular complexity index is 630. The van der Waals surface area contributed by atoms with Crippen LogP contribution in [0, 0.1) is 12.1 Å². The van der Waals surface area contributed by atoms with Crippen molar-refractivity contribution in [3.63, 3.8) is 0 Å². The molecule has 0 atom stereocenters. The van der Waals surface area contributed by atoms with Crippen LogP contribution < -0.4 is 0 Å². The second kappa shape index (κ2) is 5.17. The van der Waals surface area contributed by atoms with E-state index in [2.05, 4.69) is 0 Å². The van der Waals surface area contributed by atoms with E-state index in [1.165, 1.54) is 24.3 Å². The monoisotopic (exact) mass is 286 g/mol. The van der Waals surface area contributed by atoms with Gasteiger partial charge < -0.3 is 0 Å². The molecule has 96 valence electrons. The Labute approximate surface area is 109 Å². The maximum absolute atomic E-state index is 12.7. The molecule has 0 amide bonds. The smallest absolute Gasteiger partial charge is 0.261 e. The number of hydrogen-bond donors (Lipinski definition) is 0. The van der Waals surface area contributed by atoms with Crippen molar-refractivity contribution >= 4 is 21.5 Å². The summed E-state index contributed by atoms with van der Waals surface area (Å²) in [5.74, 6) is 0. The van der Waals surface area contributed by atoms with E-state index in [1.807, 2.05) is 6.92 Å². The molecule has 2 aromatic rings. The van der Waals surface area contributed by atoms with Gasteiger partial charge in [-0.15, -0.1) is 11.3 Å². The van der Waals surface area contributed by atoms with Gasteiger partial charge in [0.2, 0.25) is 0 Å². The summed E-state index contributed by atoms with van der Waals surface area (Å²) in [4.78, 5) is 0.633. The van der Waals surface area contributed by atoms with Crippen molar-refractivity contribution in [2.45, 2.75) is 18.4 Å². The third kappa shape index (κ3) is 3.16. The molecule has 0 aliphatic rings. The maximum atomic E-state index is 12.7. The molecule has 1 heterocycles. The third-order valence-corrected chi connectivity index (χ3v) is 4.42. The van der Waals surface area contributed by atoms with Crippen LogP contribution in [0.5, 0.6) is 0 Å². The zero-order valence-electron chi connectivity index (χ0n) is 9.59. The van der Waals surface area contributed by atoms with E-state index in [0.717, 1.165) is 16.9 Å². The minimum atomic E-state index is -3.78. The summed E-state index contributed by atoms with van der Waals surface area (Å²) in [5.41, 5.74) is 0.967. The van der Waals surface area contributed by atoms with Crippen LogP contribution in [0.15, 0.2) is 41.3 Å². The molecule has 6 heteroatoms. The number of aryl methyl sites for hydroxylation is 1. The molecular formula is C12H11FO3S2. The molecule has 1 aromatic carbocycles. The summed E-state index contributed by atoms with van der Waals surface area (Å²) in [7, 11) is -3.78. The van der Waals surface area contributed by atoms with Crippen LogP contribution in [-0.2, 0) is 20.9 Å². The number of hydrogen-bond acceptors (Lipinski definition) is 4. The predicted octanol–water partition coefficient (Wildman–Crippen LogP) is 3.10. The van der Waals surface area contributed by atoms with Gasteiger partial charge in [0.25, 0.3) is 10.1 Å². The lowest BCUT2D eigenvalue weighted by atomic mass is 10.2. The van der Waals surface area contributed by atoms with E-state index >= 15 is 0 Å². The van der Waals surface area contributed by atoms with Gasteiger partial charge in [-0.2, -0.15) is 12.8 Å². The number of halogens is 1. The fourth-order valence-corrected chi connectivity index (χ4v) is 2.94. The van der Waals surface area contributed by atoms with Crippen molar-refractivity contribution in [3.8, 4) is 0 Å². The average molecular weight is 286 g/mol. The first kappa shape index (κ1) is 13.2. The van der Waals surface area contributed by atoms with Crippen LogP contribution in [0.3, 0.4) is 0 Å². The van der Waals surface area contributed by atoms with Gasteiger partial charge in [0, 0.05) is 4.88 Å². The summed E-state index contributed by atoms with van der Waals surface area (Å²) >= 11 is 0.870. The van der Waals surface area contributed by atoms with Gasteiger partial charge in [-0.05, 0) is 31.2 Å². The summed E-state index contributed by atoms with van der Waals surface area (Å²) in [6.45, 7) is 1.72. The highest BCUT2D eigenvalue weighted by Crippen LogP contribution is 2.19. The van der Waals surface area contributed by atoms with Crippen LogP contribution in [0.1, 0.15) is 10.4 Å². The average Bonchev–Trinajstić information content (AvgIpc) is 2.73. The van der Waals surface area contributed by atoms with Gasteiger partial charge in [0.15, 0.2) is 5.13 Å². The van der Waals surface area contributed by atoms with Crippen molar-refractivity contribution in [2.75, 3.05) is 0 Å². The normalized spacial score (nSPS) is 11.7. The van der Waals surface area contributed by atoms with Crippen molar-refractivity contribution in [3.05, 3.63) is 52.0 Å². The van der Waals surface area contributed by atoms with E-state index in [1.54, 1.807) is 12.1 Å². The molecule has 0 aliphatic heterocycles. The minimum Gasteiger partial charge on any atom is -0.261 e. The van der Waals surface area contributed by atoms with Gasteiger partial charge in [0.1, 0.15) is 6.61 Å². The SMILES string of the molecule is Cc1ccc(S(=O)(=O)OCc2ccc(F)s2)cc1. The van der Waals surface area contributed by atoms with Gasteiger partial charge in [-0.3, -0.25) is 4.18 Å². The summed E-state index contributed by atoms with van der Waals surface area (Å²) in [6.07, 6.45) is 0. The number of rotatable bonds is 4. The Morgan fingerprint density at radius 1 is 1.17 bits per heavy atom. The fraction of sp³-hybridized carbons (Fsp3) is 0.167. The Morgan fingerprint density at radius 3 is 2.39 bits per heavy atom. The molecule has 18 heavy (non-hydrogen) atoms. The van der Waals surface area contributed by atoms with E-state index < -0.39 is 10.1 Å². The van der Waals surface area contributed by atoms with Gasteiger partial charge in [-0.25, -0.2) is 0 Å².